The first kappa shape index (κ1) is 36.1. The third-order valence-corrected chi connectivity index (χ3v) is 13.1. The number of benzene rings is 7. The Morgan fingerprint density at radius 2 is 0.919 bits per heavy atom. The monoisotopic (exact) mass is 811 g/mol. The first-order chi connectivity index (χ1) is 30.7. The molecule has 0 spiro atoms. The summed E-state index contributed by atoms with van der Waals surface area (Å²) >= 11 is 1.85. The molecule has 0 fully saturated rings. The Labute approximate surface area is 362 Å². The zero-order valence-corrected chi connectivity index (χ0v) is 34.4. The van der Waals surface area contributed by atoms with Crippen molar-refractivity contribution in [2.24, 2.45) is 0 Å². The minimum absolute atomic E-state index is 0.134. The van der Waals surface area contributed by atoms with Gasteiger partial charge in [-0.3, -0.25) is 0 Å². The lowest BCUT2D eigenvalue weighted by molar-refractivity contribution is 0.656. The van der Waals surface area contributed by atoms with Gasteiger partial charge in [0.25, 0.3) is 0 Å². The van der Waals surface area contributed by atoms with E-state index in [0.717, 1.165) is 56.2 Å². The predicted octanol–water partition coefficient (Wildman–Crippen LogP) is 14.5. The van der Waals surface area contributed by atoms with E-state index in [4.69, 9.17) is 19.9 Å². The van der Waals surface area contributed by atoms with Crippen LogP contribution in [-0.4, -0.2) is 24.5 Å². The summed E-state index contributed by atoms with van der Waals surface area (Å²) in [6.07, 6.45) is 5.27. The van der Waals surface area contributed by atoms with E-state index < -0.39 is 0 Å². The molecule has 1 aliphatic rings. The maximum atomic E-state index is 5.38. The number of hydrogen-bond acceptors (Lipinski definition) is 5. The number of para-hydroxylation sites is 1. The van der Waals surface area contributed by atoms with Crippen LogP contribution in [0.1, 0.15) is 24.1 Å². The second-order valence-electron chi connectivity index (χ2n) is 15.8. The van der Waals surface area contributed by atoms with Gasteiger partial charge in [0, 0.05) is 70.7 Å². The summed E-state index contributed by atoms with van der Waals surface area (Å²) in [6.45, 7) is 0. The number of aromatic nitrogens is 5. The van der Waals surface area contributed by atoms with E-state index in [2.05, 4.69) is 187 Å². The summed E-state index contributed by atoms with van der Waals surface area (Å²) in [5, 5.41) is 5.03. The zero-order chi connectivity index (χ0) is 41.0. The van der Waals surface area contributed by atoms with Crippen LogP contribution in [0.4, 0.5) is 0 Å². The van der Waals surface area contributed by atoms with Gasteiger partial charge in [0.15, 0.2) is 11.6 Å². The molecule has 0 aliphatic heterocycles. The van der Waals surface area contributed by atoms with Gasteiger partial charge in [0.1, 0.15) is 0 Å². The van der Waals surface area contributed by atoms with Gasteiger partial charge < -0.3 is 4.57 Å². The van der Waals surface area contributed by atoms with Crippen molar-refractivity contribution < 1.29 is 0 Å². The predicted molar refractivity (Wildman–Crippen MR) is 258 cm³/mol. The summed E-state index contributed by atoms with van der Waals surface area (Å²) in [4.78, 5) is 21.5. The van der Waals surface area contributed by atoms with Crippen molar-refractivity contribution >= 4 is 64.5 Å². The molecule has 6 heteroatoms. The molecule has 0 amide bonds. The molecule has 4 aromatic heterocycles. The topological polar surface area (TPSA) is 56.5 Å². The average molecular weight is 812 g/mol. The van der Waals surface area contributed by atoms with Crippen LogP contribution in [0.25, 0.3) is 98.2 Å². The van der Waals surface area contributed by atoms with Crippen molar-refractivity contribution in [1.82, 2.24) is 24.5 Å². The smallest absolute Gasteiger partial charge is 0.160 e. The molecule has 0 radical (unpaired) electrons. The van der Waals surface area contributed by atoms with Crippen LogP contribution in [0.5, 0.6) is 0 Å². The molecule has 0 bridgehead atoms. The number of allylic oxidation sites excluding steroid dienone is 4. The maximum Gasteiger partial charge on any atom is 0.160 e. The highest BCUT2D eigenvalue weighted by atomic mass is 32.1. The van der Waals surface area contributed by atoms with Gasteiger partial charge in [0.05, 0.1) is 34.3 Å². The molecule has 0 saturated heterocycles. The van der Waals surface area contributed by atoms with Crippen molar-refractivity contribution in [3.8, 4) is 45.0 Å². The lowest BCUT2D eigenvalue weighted by atomic mass is 9.93. The Kier molecular flexibility index (Phi) is 8.75. The fraction of sp³-hybridized carbons (Fsp3) is 0.0357. The Balaban J connectivity index is 1.14. The highest BCUT2D eigenvalue weighted by Crippen LogP contribution is 2.46. The minimum atomic E-state index is -0.134. The van der Waals surface area contributed by atoms with E-state index in [9.17, 15) is 0 Å². The van der Waals surface area contributed by atoms with Crippen molar-refractivity contribution in [2.45, 2.75) is 12.5 Å². The van der Waals surface area contributed by atoms with Gasteiger partial charge in [-0.25, -0.2) is 19.9 Å². The molecule has 5 nitrogen and oxygen atoms in total. The van der Waals surface area contributed by atoms with Crippen LogP contribution in [0.15, 0.2) is 206 Å². The highest BCUT2D eigenvalue weighted by molar-refractivity contribution is 7.26. The van der Waals surface area contributed by atoms with Gasteiger partial charge in [0.2, 0.25) is 0 Å². The summed E-state index contributed by atoms with van der Waals surface area (Å²) in [5.41, 5.74) is 12.0. The quantitative estimate of drug-likeness (QED) is 0.161. The van der Waals surface area contributed by atoms with E-state index in [1.807, 2.05) is 35.6 Å². The van der Waals surface area contributed by atoms with Crippen LogP contribution in [-0.2, 0) is 0 Å². The summed E-state index contributed by atoms with van der Waals surface area (Å²) in [7, 11) is 0. The van der Waals surface area contributed by atoms with Gasteiger partial charge >= 0.3 is 0 Å². The van der Waals surface area contributed by atoms with E-state index in [-0.39, 0.29) is 6.04 Å². The summed E-state index contributed by atoms with van der Waals surface area (Å²) < 4.78 is 5.13. The Morgan fingerprint density at radius 1 is 0.435 bits per heavy atom. The van der Waals surface area contributed by atoms with Crippen LogP contribution in [0, 0.1) is 0 Å². The molecule has 0 N–H and O–H groups in total. The van der Waals surface area contributed by atoms with Gasteiger partial charge in [-0.2, -0.15) is 0 Å². The largest absolute Gasteiger partial charge is 0.333 e. The second-order valence-corrected chi connectivity index (χ2v) is 16.9. The Bertz CT molecular complexity index is 3420. The molecule has 4 heterocycles. The second kappa shape index (κ2) is 15.0. The number of hydrogen-bond donors (Lipinski definition) is 0. The zero-order valence-electron chi connectivity index (χ0n) is 33.6. The fourth-order valence-electron chi connectivity index (χ4n) is 9.08. The van der Waals surface area contributed by atoms with E-state index in [0.29, 0.717) is 18.1 Å². The molecule has 0 saturated carbocycles. The van der Waals surface area contributed by atoms with E-state index in [1.165, 1.54) is 42.0 Å². The van der Waals surface area contributed by atoms with E-state index >= 15 is 0 Å². The minimum Gasteiger partial charge on any atom is -0.333 e. The molecule has 292 valence electrons. The van der Waals surface area contributed by atoms with Crippen molar-refractivity contribution in [2.75, 3.05) is 0 Å². The van der Waals surface area contributed by atoms with Gasteiger partial charge in [-0.1, -0.05) is 170 Å². The van der Waals surface area contributed by atoms with Gasteiger partial charge in [-0.15, -0.1) is 11.3 Å². The SMILES string of the molecule is C1=C(c2nc(-c3ccccc3)cc(-c3ccccc3)n2)C=C(c2nc(-c3ccccc3)cc(-c3ccccc3)n2)CC1n1c2ccccc2c2ccc3sc4ccccc4c3c21. The standard InChI is InChI=1S/C56H37N5S/c1-5-17-36(18-6-1)46-34-47(37-19-7-2-8-20-37)58-55(57-46)40-31-41(56-59-48(38-21-9-3-10-22-38)35-49(60-56)39-23-11-4-12-24-39)33-42(32-40)61-50-27-15-13-25-43(50)44-29-30-52-53(54(44)61)45-26-14-16-28-51(45)62-52/h1-32,34-35,42H,33H2. The van der Waals surface area contributed by atoms with Crippen molar-refractivity contribution in [3.05, 3.63) is 218 Å². The molecule has 12 rings (SSSR count). The van der Waals surface area contributed by atoms with Crippen LogP contribution < -0.4 is 0 Å². The normalized spacial score (nSPS) is 14.1. The van der Waals surface area contributed by atoms with Crippen LogP contribution >= 0.6 is 11.3 Å². The Hall–Kier alpha value is -7.80. The molecule has 62 heavy (non-hydrogen) atoms. The first-order valence-corrected chi connectivity index (χ1v) is 21.8. The lowest BCUT2D eigenvalue weighted by Gasteiger charge is -2.25. The molecule has 7 aromatic carbocycles. The lowest BCUT2D eigenvalue weighted by Crippen LogP contribution is -2.13. The fourth-order valence-corrected chi connectivity index (χ4v) is 10.2. The molecule has 1 unspecified atom stereocenters. The third kappa shape index (κ3) is 6.32. The number of nitrogens with zero attached hydrogens (tertiary/aromatic N) is 5. The summed E-state index contributed by atoms with van der Waals surface area (Å²) in [6, 6.07) is 67.9. The highest BCUT2D eigenvalue weighted by Gasteiger charge is 2.28. The number of fused-ring (bicyclic) bond motifs is 7. The third-order valence-electron chi connectivity index (χ3n) is 11.9. The van der Waals surface area contributed by atoms with Crippen LogP contribution in [0.2, 0.25) is 0 Å². The molecule has 1 aliphatic carbocycles. The first-order valence-electron chi connectivity index (χ1n) is 21.0. The average Bonchev–Trinajstić information content (AvgIpc) is 3.91. The summed E-state index contributed by atoms with van der Waals surface area (Å²) in [5.74, 6) is 1.34. The molecular formula is C56H37N5S. The number of thiophene rings is 1. The maximum absolute atomic E-state index is 5.38. The molecule has 1 atom stereocenters. The van der Waals surface area contributed by atoms with Crippen molar-refractivity contribution in [3.63, 3.8) is 0 Å². The van der Waals surface area contributed by atoms with Crippen molar-refractivity contribution in [1.29, 1.82) is 0 Å². The van der Waals surface area contributed by atoms with E-state index in [1.54, 1.807) is 0 Å². The van der Waals surface area contributed by atoms with Gasteiger partial charge in [-0.05, 0) is 42.0 Å². The number of rotatable bonds is 7. The molecule has 11 aromatic rings. The van der Waals surface area contributed by atoms with Crippen LogP contribution in [0.3, 0.4) is 0 Å². The molecular weight excluding hydrogens is 775 g/mol. The Morgan fingerprint density at radius 3 is 1.48 bits per heavy atom.